The van der Waals surface area contributed by atoms with Crippen molar-refractivity contribution in [3.8, 4) is 0 Å². The SMILES string of the molecule is NC(=O)CCCNc1ccc(C(N)=S)c(Br)c1. The van der Waals surface area contributed by atoms with E-state index in [1.165, 1.54) is 0 Å². The van der Waals surface area contributed by atoms with E-state index < -0.39 is 0 Å². The predicted molar refractivity (Wildman–Crippen MR) is 76.9 cm³/mol. The van der Waals surface area contributed by atoms with Gasteiger partial charge < -0.3 is 16.8 Å². The molecule has 0 saturated carbocycles. The molecule has 0 aliphatic rings. The summed E-state index contributed by atoms with van der Waals surface area (Å²) in [6.07, 6.45) is 1.10. The van der Waals surface area contributed by atoms with E-state index in [-0.39, 0.29) is 5.91 Å². The number of carbonyl (C=O) groups excluding carboxylic acids is 1. The van der Waals surface area contributed by atoms with Crippen molar-refractivity contribution in [2.24, 2.45) is 11.5 Å². The molecule has 0 heterocycles. The lowest BCUT2D eigenvalue weighted by Gasteiger charge is -2.08. The minimum atomic E-state index is -0.281. The van der Waals surface area contributed by atoms with E-state index in [1.54, 1.807) is 0 Å². The Morgan fingerprint density at radius 3 is 2.65 bits per heavy atom. The normalized spacial score (nSPS) is 9.94. The fourth-order valence-electron chi connectivity index (χ4n) is 1.32. The number of thiocarbonyl (C=S) groups is 1. The van der Waals surface area contributed by atoms with Gasteiger partial charge >= 0.3 is 0 Å². The Labute approximate surface area is 114 Å². The van der Waals surface area contributed by atoms with E-state index in [9.17, 15) is 4.79 Å². The monoisotopic (exact) mass is 315 g/mol. The molecule has 5 N–H and O–H groups in total. The van der Waals surface area contributed by atoms with Crippen molar-refractivity contribution in [1.82, 2.24) is 0 Å². The molecule has 6 heteroatoms. The number of hydrogen-bond acceptors (Lipinski definition) is 3. The standard InChI is InChI=1S/C11H14BrN3OS/c12-9-6-7(3-4-8(9)11(14)17)15-5-1-2-10(13)16/h3-4,6,15H,1-2,5H2,(H2,13,16)(H2,14,17). The summed E-state index contributed by atoms with van der Waals surface area (Å²) in [6, 6.07) is 5.64. The van der Waals surface area contributed by atoms with E-state index in [1.807, 2.05) is 18.2 Å². The number of anilines is 1. The molecule has 0 bridgehead atoms. The van der Waals surface area contributed by atoms with Crippen LogP contribution in [0, 0.1) is 0 Å². The first-order valence-corrected chi connectivity index (χ1v) is 6.32. The summed E-state index contributed by atoms with van der Waals surface area (Å²) in [5.74, 6) is -0.281. The number of primary amides is 1. The van der Waals surface area contributed by atoms with Gasteiger partial charge in [-0.2, -0.15) is 0 Å². The predicted octanol–water partition coefficient (Wildman–Crippen LogP) is 1.76. The molecule has 1 aromatic carbocycles. The zero-order chi connectivity index (χ0) is 12.8. The van der Waals surface area contributed by atoms with Crippen LogP contribution >= 0.6 is 28.1 Å². The molecule has 1 amide bonds. The van der Waals surface area contributed by atoms with Gasteiger partial charge in [-0.15, -0.1) is 0 Å². The van der Waals surface area contributed by atoms with Crippen LogP contribution in [-0.4, -0.2) is 17.4 Å². The fraction of sp³-hybridized carbons (Fsp3) is 0.273. The van der Waals surface area contributed by atoms with Gasteiger partial charge in [0, 0.05) is 28.7 Å². The van der Waals surface area contributed by atoms with Crippen LogP contribution < -0.4 is 16.8 Å². The van der Waals surface area contributed by atoms with Crippen molar-refractivity contribution in [1.29, 1.82) is 0 Å². The van der Waals surface area contributed by atoms with Gasteiger partial charge in [-0.05, 0) is 40.5 Å². The van der Waals surface area contributed by atoms with Crippen molar-refractivity contribution < 1.29 is 4.79 Å². The maximum absolute atomic E-state index is 10.5. The average molecular weight is 316 g/mol. The largest absolute Gasteiger partial charge is 0.389 e. The molecule has 92 valence electrons. The van der Waals surface area contributed by atoms with E-state index >= 15 is 0 Å². The number of nitrogens with two attached hydrogens (primary N) is 2. The molecule has 0 fully saturated rings. The lowest BCUT2D eigenvalue weighted by molar-refractivity contribution is -0.118. The first kappa shape index (κ1) is 13.9. The number of nitrogens with one attached hydrogen (secondary N) is 1. The second-order valence-corrected chi connectivity index (χ2v) is 4.85. The molecule has 0 atom stereocenters. The summed E-state index contributed by atoms with van der Waals surface area (Å²) >= 11 is 8.30. The molecule has 0 aromatic heterocycles. The Balaban J connectivity index is 2.53. The van der Waals surface area contributed by atoms with Crippen molar-refractivity contribution in [3.05, 3.63) is 28.2 Å². The third-order valence-electron chi connectivity index (χ3n) is 2.16. The number of rotatable bonds is 6. The maximum Gasteiger partial charge on any atom is 0.217 e. The summed E-state index contributed by atoms with van der Waals surface area (Å²) in [5.41, 5.74) is 12.3. The minimum absolute atomic E-state index is 0.281. The second-order valence-electron chi connectivity index (χ2n) is 3.56. The summed E-state index contributed by atoms with van der Waals surface area (Å²) in [4.78, 5) is 10.9. The first-order valence-electron chi connectivity index (χ1n) is 5.12. The third-order valence-corrected chi connectivity index (χ3v) is 3.04. The molecular formula is C11H14BrN3OS. The zero-order valence-corrected chi connectivity index (χ0v) is 11.6. The molecule has 0 unspecified atom stereocenters. The highest BCUT2D eigenvalue weighted by atomic mass is 79.9. The lowest BCUT2D eigenvalue weighted by Crippen LogP contribution is -2.13. The topological polar surface area (TPSA) is 81.1 Å². The van der Waals surface area contributed by atoms with Gasteiger partial charge in [-0.3, -0.25) is 4.79 Å². The molecule has 1 rings (SSSR count). The Hall–Kier alpha value is -1.14. The summed E-state index contributed by atoms with van der Waals surface area (Å²) in [6.45, 7) is 0.696. The number of benzene rings is 1. The van der Waals surface area contributed by atoms with Gasteiger partial charge in [0.1, 0.15) is 4.99 Å². The van der Waals surface area contributed by atoms with Crippen LogP contribution in [0.15, 0.2) is 22.7 Å². The van der Waals surface area contributed by atoms with E-state index in [0.29, 0.717) is 24.4 Å². The molecule has 0 radical (unpaired) electrons. The number of carbonyl (C=O) groups is 1. The molecule has 4 nitrogen and oxygen atoms in total. The zero-order valence-electron chi connectivity index (χ0n) is 9.20. The van der Waals surface area contributed by atoms with E-state index in [4.69, 9.17) is 23.7 Å². The van der Waals surface area contributed by atoms with Gasteiger partial charge in [0.05, 0.1) is 0 Å². The average Bonchev–Trinajstić information content (AvgIpc) is 2.23. The Morgan fingerprint density at radius 1 is 1.41 bits per heavy atom. The summed E-state index contributed by atoms with van der Waals surface area (Å²) in [7, 11) is 0. The number of hydrogen-bond donors (Lipinski definition) is 3. The minimum Gasteiger partial charge on any atom is -0.389 e. The Kier molecular flexibility index (Phi) is 5.37. The molecule has 0 spiro atoms. The molecular weight excluding hydrogens is 302 g/mol. The van der Waals surface area contributed by atoms with Gasteiger partial charge in [0.15, 0.2) is 0 Å². The van der Waals surface area contributed by atoms with Crippen LogP contribution in [0.2, 0.25) is 0 Å². The molecule has 0 saturated heterocycles. The second kappa shape index (κ2) is 6.56. The van der Waals surface area contributed by atoms with Gasteiger partial charge in [-0.25, -0.2) is 0 Å². The van der Waals surface area contributed by atoms with Crippen LogP contribution in [0.1, 0.15) is 18.4 Å². The quantitative estimate of drug-likeness (QED) is 0.552. The Bertz CT molecular complexity index is 437. The first-order chi connectivity index (χ1) is 8.00. The number of halogens is 1. The molecule has 1 aromatic rings. The highest BCUT2D eigenvalue weighted by Gasteiger charge is 2.03. The maximum atomic E-state index is 10.5. The van der Waals surface area contributed by atoms with Crippen LogP contribution in [0.25, 0.3) is 0 Å². The summed E-state index contributed by atoms with van der Waals surface area (Å²) in [5, 5.41) is 3.19. The van der Waals surface area contributed by atoms with E-state index in [0.717, 1.165) is 15.7 Å². The van der Waals surface area contributed by atoms with Crippen molar-refractivity contribution in [2.45, 2.75) is 12.8 Å². The van der Waals surface area contributed by atoms with Crippen LogP contribution in [0.3, 0.4) is 0 Å². The third kappa shape index (κ3) is 4.70. The number of amides is 1. The van der Waals surface area contributed by atoms with Gasteiger partial charge in [0.25, 0.3) is 0 Å². The van der Waals surface area contributed by atoms with Crippen LogP contribution in [0.4, 0.5) is 5.69 Å². The van der Waals surface area contributed by atoms with E-state index in [2.05, 4.69) is 21.2 Å². The van der Waals surface area contributed by atoms with Gasteiger partial charge in [-0.1, -0.05) is 12.2 Å². The molecule has 0 aliphatic heterocycles. The lowest BCUT2D eigenvalue weighted by atomic mass is 10.2. The van der Waals surface area contributed by atoms with Gasteiger partial charge in [0.2, 0.25) is 5.91 Å². The highest BCUT2D eigenvalue weighted by molar-refractivity contribution is 9.10. The van der Waals surface area contributed by atoms with Crippen LogP contribution in [-0.2, 0) is 4.79 Å². The van der Waals surface area contributed by atoms with Crippen molar-refractivity contribution >= 4 is 44.7 Å². The molecule has 0 aliphatic carbocycles. The van der Waals surface area contributed by atoms with Crippen LogP contribution in [0.5, 0.6) is 0 Å². The summed E-state index contributed by atoms with van der Waals surface area (Å²) < 4.78 is 0.852. The van der Waals surface area contributed by atoms with Crippen molar-refractivity contribution in [3.63, 3.8) is 0 Å². The fourth-order valence-corrected chi connectivity index (χ4v) is 2.22. The van der Waals surface area contributed by atoms with Crippen molar-refractivity contribution in [2.75, 3.05) is 11.9 Å². The highest BCUT2D eigenvalue weighted by Crippen LogP contribution is 2.21. The Morgan fingerprint density at radius 2 is 2.12 bits per heavy atom. The smallest absolute Gasteiger partial charge is 0.217 e. The molecule has 17 heavy (non-hydrogen) atoms.